The lowest BCUT2D eigenvalue weighted by atomic mass is 9.74. The number of ether oxygens (including phenoxy) is 1. The lowest BCUT2D eigenvalue weighted by molar-refractivity contribution is 0.0540. The van der Waals surface area contributed by atoms with Gasteiger partial charge in [-0.2, -0.15) is 0 Å². The summed E-state index contributed by atoms with van der Waals surface area (Å²) in [6.45, 7) is 3.61. The third-order valence-corrected chi connectivity index (χ3v) is 5.24. The molecule has 4 rings (SSSR count). The Morgan fingerprint density at radius 2 is 2.00 bits per heavy atom. The summed E-state index contributed by atoms with van der Waals surface area (Å²) in [7, 11) is 0. The zero-order chi connectivity index (χ0) is 15.2. The minimum Gasteiger partial charge on any atom is -0.424 e. The van der Waals surface area contributed by atoms with Crippen LogP contribution in [0.1, 0.15) is 49.4 Å². The third kappa shape index (κ3) is 2.34. The average Bonchev–Trinajstić information content (AvgIpc) is 3.08. The molecule has 1 aliphatic heterocycles. The predicted octanol–water partition coefficient (Wildman–Crippen LogP) is 3.94. The van der Waals surface area contributed by atoms with Gasteiger partial charge in [0.1, 0.15) is 0 Å². The SMILES string of the molecule is C[C@@H]1C[C@@H]1c1nnc(C2(c3cccc(Cl)c3)CCOCC2)o1. The molecule has 1 aliphatic carbocycles. The Bertz CT molecular complexity index is 679. The highest BCUT2D eigenvalue weighted by atomic mass is 35.5. The molecule has 22 heavy (non-hydrogen) atoms. The number of rotatable bonds is 3. The lowest BCUT2D eigenvalue weighted by Crippen LogP contribution is -2.35. The molecule has 0 spiro atoms. The van der Waals surface area contributed by atoms with Crippen LogP contribution in [0, 0.1) is 5.92 Å². The van der Waals surface area contributed by atoms with Crippen LogP contribution in [0.3, 0.4) is 0 Å². The number of benzene rings is 1. The van der Waals surface area contributed by atoms with Gasteiger partial charge in [-0.05, 0) is 42.9 Å². The molecular formula is C17H19ClN2O2. The first kappa shape index (κ1) is 14.2. The zero-order valence-corrected chi connectivity index (χ0v) is 13.3. The normalized spacial score (nSPS) is 26.8. The van der Waals surface area contributed by atoms with Gasteiger partial charge in [0.2, 0.25) is 11.8 Å². The predicted molar refractivity (Wildman–Crippen MR) is 83.1 cm³/mol. The largest absolute Gasteiger partial charge is 0.424 e. The maximum Gasteiger partial charge on any atom is 0.227 e. The van der Waals surface area contributed by atoms with Gasteiger partial charge in [0.15, 0.2) is 0 Å². The molecule has 5 heteroatoms. The Morgan fingerprint density at radius 3 is 2.68 bits per heavy atom. The van der Waals surface area contributed by atoms with Gasteiger partial charge >= 0.3 is 0 Å². The van der Waals surface area contributed by atoms with Crippen molar-refractivity contribution >= 4 is 11.6 Å². The molecule has 0 bridgehead atoms. The molecule has 0 N–H and O–H groups in total. The Balaban J connectivity index is 1.75. The molecular weight excluding hydrogens is 300 g/mol. The van der Waals surface area contributed by atoms with Crippen molar-refractivity contribution in [2.45, 2.75) is 37.5 Å². The van der Waals surface area contributed by atoms with Crippen molar-refractivity contribution in [1.82, 2.24) is 10.2 Å². The monoisotopic (exact) mass is 318 g/mol. The first-order chi connectivity index (χ1) is 10.7. The van der Waals surface area contributed by atoms with Gasteiger partial charge in [-0.15, -0.1) is 10.2 Å². The lowest BCUT2D eigenvalue weighted by Gasteiger charge is -2.34. The van der Waals surface area contributed by atoms with E-state index in [-0.39, 0.29) is 5.41 Å². The number of halogens is 1. The van der Waals surface area contributed by atoms with Crippen LogP contribution in [-0.2, 0) is 10.2 Å². The second kappa shape index (κ2) is 5.36. The fourth-order valence-corrected chi connectivity index (χ4v) is 3.57. The zero-order valence-electron chi connectivity index (χ0n) is 12.6. The molecule has 2 atom stereocenters. The summed E-state index contributed by atoms with van der Waals surface area (Å²) in [5.41, 5.74) is 0.870. The summed E-state index contributed by atoms with van der Waals surface area (Å²) in [5.74, 6) is 2.60. The quantitative estimate of drug-likeness (QED) is 0.860. The van der Waals surface area contributed by atoms with E-state index in [1.54, 1.807) is 0 Å². The molecule has 1 aromatic heterocycles. The van der Waals surface area contributed by atoms with Gasteiger partial charge in [0.05, 0.1) is 5.41 Å². The molecule has 1 saturated carbocycles. The highest BCUT2D eigenvalue weighted by Crippen LogP contribution is 2.48. The highest BCUT2D eigenvalue weighted by Gasteiger charge is 2.44. The Kier molecular flexibility index (Phi) is 3.46. The molecule has 0 radical (unpaired) electrons. The Hall–Kier alpha value is -1.39. The van der Waals surface area contributed by atoms with E-state index in [1.165, 1.54) is 0 Å². The molecule has 2 aromatic rings. The van der Waals surface area contributed by atoms with Crippen LogP contribution in [0.15, 0.2) is 28.7 Å². The smallest absolute Gasteiger partial charge is 0.227 e. The van der Waals surface area contributed by atoms with Crippen LogP contribution >= 0.6 is 11.6 Å². The number of nitrogens with zero attached hydrogens (tertiary/aromatic N) is 2. The Labute approximate surface area is 134 Å². The van der Waals surface area contributed by atoms with Crippen molar-refractivity contribution in [2.24, 2.45) is 5.92 Å². The summed E-state index contributed by atoms with van der Waals surface area (Å²) < 4.78 is 11.7. The van der Waals surface area contributed by atoms with E-state index >= 15 is 0 Å². The van der Waals surface area contributed by atoms with Crippen molar-refractivity contribution in [3.63, 3.8) is 0 Å². The van der Waals surface area contributed by atoms with Gasteiger partial charge in [-0.3, -0.25) is 0 Å². The van der Waals surface area contributed by atoms with E-state index in [1.807, 2.05) is 18.2 Å². The second-order valence-electron chi connectivity index (χ2n) is 6.47. The van der Waals surface area contributed by atoms with Crippen molar-refractivity contribution in [3.05, 3.63) is 46.6 Å². The van der Waals surface area contributed by atoms with E-state index in [9.17, 15) is 0 Å². The van der Waals surface area contributed by atoms with Crippen molar-refractivity contribution in [2.75, 3.05) is 13.2 Å². The van der Waals surface area contributed by atoms with E-state index < -0.39 is 0 Å². The van der Waals surface area contributed by atoms with E-state index in [0.29, 0.717) is 30.9 Å². The van der Waals surface area contributed by atoms with Crippen LogP contribution in [0.5, 0.6) is 0 Å². The van der Waals surface area contributed by atoms with E-state index in [4.69, 9.17) is 20.8 Å². The van der Waals surface area contributed by atoms with Crippen LogP contribution in [0.4, 0.5) is 0 Å². The third-order valence-electron chi connectivity index (χ3n) is 5.00. The topological polar surface area (TPSA) is 48.2 Å². The van der Waals surface area contributed by atoms with Crippen molar-refractivity contribution in [1.29, 1.82) is 0 Å². The van der Waals surface area contributed by atoms with Crippen LogP contribution in [0.2, 0.25) is 5.02 Å². The molecule has 1 saturated heterocycles. The maximum absolute atomic E-state index is 6.20. The number of hydrogen-bond donors (Lipinski definition) is 0. The molecule has 0 unspecified atom stereocenters. The van der Waals surface area contributed by atoms with E-state index in [0.717, 1.165) is 35.7 Å². The van der Waals surface area contributed by atoms with Crippen LogP contribution in [0.25, 0.3) is 0 Å². The first-order valence-corrected chi connectivity index (χ1v) is 8.24. The first-order valence-electron chi connectivity index (χ1n) is 7.87. The highest BCUT2D eigenvalue weighted by molar-refractivity contribution is 6.30. The van der Waals surface area contributed by atoms with Gasteiger partial charge < -0.3 is 9.15 Å². The van der Waals surface area contributed by atoms with Gasteiger partial charge in [-0.1, -0.05) is 30.7 Å². The second-order valence-corrected chi connectivity index (χ2v) is 6.91. The molecule has 2 heterocycles. The molecule has 2 aliphatic rings. The molecule has 4 nitrogen and oxygen atoms in total. The molecule has 1 aromatic carbocycles. The molecule has 2 fully saturated rings. The maximum atomic E-state index is 6.20. The van der Waals surface area contributed by atoms with Gasteiger partial charge in [0, 0.05) is 24.2 Å². The Morgan fingerprint density at radius 1 is 1.23 bits per heavy atom. The van der Waals surface area contributed by atoms with E-state index in [2.05, 4.69) is 23.2 Å². The summed E-state index contributed by atoms with van der Waals surface area (Å²) in [5, 5.41) is 9.44. The van der Waals surface area contributed by atoms with Crippen molar-refractivity contribution in [3.8, 4) is 0 Å². The minimum absolute atomic E-state index is 0.271. The van der Waals surface area contributed by atoms with Gasteiger partial charge in [0.25, 0.3) is 0 Å². The fourth-order valence-electron chi connectivity index (χ4n) is 3.38. The summed E-state index contributed by atoms with van der Waals surface area (Å²) >= 11 is 6.20. The van der Waals surface area contributed by atoms with Crippen molar-refractivity contribution < 1.29 is 9.15 Å². The average molecular weight is 319 g/mol. The fraction of sp³-hybridized carbons (Fsp3) is 0.529. The minimum atomic E-state index is -0.271. The number of hydrogen-bond acceptors (Lipinski definition) is 4. The van der Waals surface area contributed by atoms with Crippen LogP contribution in [-0.4, -0.2) is 23.4 Å². The number of aromatic nitrogens is 2. The summed E-state index contributed by atoms with van der Waals surface area (Å²) in [6.07, 6.45) is 2.83. The molecule has 116 valence electrons. The summed E-state index contributed by atoms with van der Waals surface area (Å²) in [6, 6.07) is 7.98. The van der Waals surface area contributed by atoms with Crippen LogP contribution < -0.4 is 0 Å². The standard InChI is InChI=1S/C17H19ClN2O2/c1-11-9-14(11)15-19-20-16(22-15)17(5-7-21-8-6-17)12-3-2-4-13(18)10-12/h2-4,10-11,14H,5-9H2,1H3/t11-,14+/m1/s1. The summed E-state index contributed by atoms with van der Waals surface area (Å²) in [4.78, 5) is 0. The molecule has 0 amide bonds. The van der Waals surface area contributed by atoms with Gasteiger partial charge in [-0.25, -0.2) is 0 Å².